The molecule has 1 aromatic heterocycles. The van der Waals surface area contributed by atoms with Crippen LogP contribution in [0.5, 0.6) is 5.75 Å². The van der Waals surface area contributed by atoms with Crippen LogP contribution in [0.25, 0.3) is 0 Å². The van der Waals surface area contributed by atoms with Crippen LogP contribution in [0.4, 0.5) is 5.69 Å². The van der Waals surface area contributed by atoms with Gasteiger partial charge in [-0.05, 0) is 12.1 Å². The topological polar surface area (TPSA) is 148 Å². The van der Waals surface area contributed by atoms with Crippen molar-refractivity contribution < 1.29 is 23.0 Å². The van der Waals surface area contributed by atoms with E-state index in [4.69, 9.17) is 4.52 Å². The highest BCUT2D eigenvalue weighted by Gasteiger charge is 2.21. The predicted octanol–water partition coefficient (Wildman–Crippen LogP) is 0.204. The Morgan fingerprint density at radius 2 is 2.19 bits per heavy atom. The summed E-state index contributed by atoms with van der Waals surface area (Å²) in [4.78, 5) is 13.2. The van der Waals surface area contributed by atoms with E-state index in [1.54, 1.807) is 0 Å². The van der Waals surface area contributed by atoms with E-state index in [2.05, 4.69) is 14.9 Å². The van der Waals surface area contributed by atoms with Crippen LogP contribution in [0, 0.1) is 10.1 Å². The lowest BCUT2D eigenvalue weighted by atomic mass is 10.3. The summed E-state index contributed by atoms with van der Waals surface area (Å²) in [5.74, 6) is -0.348. The van der Waals surface area contributed by atoms with E-state index in [1.165, 1.54) is 6.33 Å². The minimum Gasteiger partial charge on any atom is -0.502 e. The van der Waals surface area contributed by atoms with E-state index in [0.29, 0.717) is 0 Å². The third kappa shape index (κ3) is 3.52. The first-order valence-corrected chi connectivity index (χ1v) is 7.11. The molecule has 1 heterocycles. The number of phenols is 1. The number of nitrogens with one attached hydrogen (secondary N) is 1. The number of phenolic OH excluding ortho intramolecular Hbond substituents is 1. The maximum atomic E-state index is 12.0. The lowest BCUT2D eigenvalue weighted by Gasteiger charge is -2.06. The van der Waals surface area contributed by atoms with E-state index >= 15 is 0 Å². The molecule has 0 atom stereocenters. The number of nitro groups is 1. The molecule has 10 nitrogen and oxygen atoms in total. The minimum atomic E-state index is -3.94. The maximum Gasteiger partial charge on any atom is 0.312 e. The van der Waals surface area contributed by atoms with Crippen molar-refractivity contribution in [1.82, 2.24) is 14.9 Å². The Morgan fingerprint density at radius 3 is 2.81 bits per heavy atom. The van der Waals surface area contributed by atoms with E-state index in [9.17, 15) is 23.6 Å². The Morgan fingerprint density at radius 1 is 1.43 bits per heavy atom. The Kier molecular flexibility index (Phi) is 4.14. The number of rotatable bonds is 6. The van der Waals surface area contributed by atoms with Gasteiger partial charge >= 0.3 is 5.69 Å². The van der Waals surface area contributed by atoms with Crippen LogP contribution in [0.3, 0.4) is 0 Å². The van der Waals surface area contributed by atoms with Gasteiger partial charge in [0.05, 0.1) is 9.82 Å². The number of hydrogen-bond donors (Lipinski definition) is 2. The molecule has 21 heavy (non-hydrogen) atoms. The summed E-state index contributed by atoms with van der Waals surface area (Å²) in [5, 5.41) is 23.3. The molecule has 2 aromatic rings. The highest BCUT2D eigenvalue weighted by atomic mass is 32.2. The number of aromatic hydroxyl groups is 1. The second kappa shape index (κ2) is 5.85. The number of sulfonamides is 1. The second-order valence-corrected chi connectivity index (χ2v) is 5.66. The number of benzene rings is 1. The average molecular weight is 314 g/mol. The molecule has 11 heteroatoms. The van der Waals surface area contributed by atoms with Gasteiger partial charge in [0.1, 0.15) is 0 Å². The Bertz CT molecular complexity index is 743. The van der Waals surface area contributed by atoms with E-state index in [1.807, 2.05) is 0 Å². The molecule has 0 bridgehead atoms. The third-order valence-electron chi connectivity index (χ3n) is 2.49. The monoisotopic (exact) mass is 314 g/mol. The van der Waals surface area contributed by atoms with Crippen molar-refractivity contribution in [2.24, 2.45) is 0 Å². The maximum absolute atomic E-state index is 12.0. The fourth-order valence-corrected chi connectivity index (χ4v) is 2.55. The molecule has 0 aliphatic heterocycles. The van der Waals surface area contributed by atoms with Crippen LogP contribution in [0.1, 0.15) is 5.89 Å². The van der Waals surface area contributed by atoms with Crippen LogP contribution in [0.15, 0.2) is 33.9 Å². The van der Waals surface area contributed by atoms with Gasteiger partial charge in [0.25, 0.3) is 0 Å². The van der Waals surface area contributed by atoms with Gasteiger partial charge in [-0.15, -0.1) is 0 Å². The van der Waals surface area contributed by atoms with Gasteiger partial charge in [-0.1, -0.05) is 5.16 Å². The number of nitrogens with zero attached hydrogens (tertiary/aromatic N) is 3. The molecule has 0 aliphatic carbocycles. The summed E-state index contributed by atoms with van der Waals surface area (Å²) in [6, 6.07) is 2.80. The highest BCUT2D eigenvalue weighted by molar-refractivity contribution is 7.89. The zero-order valence-electron chi connectivity index (χ0n) is 10.5. The summed E-state index contributed by atoms with van der Waals surface area (Å²) in [5.41, 5.74) is -0.685. The first kappa shape index (κ1) is 14.9. The lowest BCUT2D eigenvalue weighted by Crippen LogP contribution is -2.26. The molecule has 0 unspecified atom stereocenters. The zero-order valence-corrected chi connectivity index (χ0v) is 11.3. The molecule has 0 saturated heterocycles. The van der Waals surface area contributed by atoms with Crippen molar-refractivity contribution >= 4 is 15.7 Å². The predicted molar refractivity (Wildman–Crippen MR) is 68.0 cm³/mol. The van der Waals surface area contributed by atoms with Gasteiger partial charge in [0.15, 0.2) is 12.1 Å². The lowest BCUT2D eigenvalue weighted by molar-refractivity contribution is -0.386. The second-order valence-electron chi connectivity index (χ2n) is 3.89. The van der Waals surface area contributed by atoms with Gasteiger partial charge in [-0.3, -0.25) is 10.1 Å². The van der Waals surface area contributed by atoms with Crippen molar-refractivity contribution in [1.29, 1.82) is 0 Å². The summed E-state index contributed by atoms with van der Waals surface area (Å²) in [7, 11) is -3.94. The SMILES string of the molecule is O=[N+]([O-])c1cc(S(=O)(=O)NCCc2ncno2)ccc1O. The first-order chi connectivity index (χ1) is 9.90. The van der Waals surface area contributed by atoms with Crippen molar-refractivity contribution in [3.05, 3.63) is 40.5 Å². The first-order valence-electron chi connectivity index (χ1n) is 5.63. The average Bonchev–Trinajstić information content (AvgIpc) is 2.91. The fourth-order valence-electron chi connectivity index (χ4n) is 1.50. The van der Waals surface area contributed by atoms with E-state index in [0.717, 1.165) is 18.2 Å². The molecule has 0 radical (unpaired) electrons. The summed E-state index contributed by atoms with van der Waals surface area (Å²) in [6.45, 7) is -0.0147. The van der Waals surface area contributed by atoms with Crippen LogP contribution in [-0.2, 0) is 16.4 Å². The summed E-state index contributed by atoms with van der Waals surface area (Å²) < 4.78 is 30.9. The number of nitro benzene ring substituents is 1. The molecular formula is C10H10N4O6S. The quantitative estimate of drug-likeness (QED) is 0.567. The molecule has 0 spiro atoms. The Hall–Kier alpha value is -2.53. The fraction of sp³-hybridized carbons (Fsp3) is 0.200. The van der Waals surface area contributed by atoms with Gasteiger partial charge < -0.3 is 9.63 Å². The van der Waals surface area contributed by atoms with Crippen molar-refractivity contribution in [2.75, 3.05) is 6.54 Å². The van der Waals surface area contributed by atoms with Crippen LogP contribution in [0.2, 0.25) is 0 Å². The van der Waals surface area contributed by atoms with Gasteiger partial charge in [-0.25, -0.2) is 13.1 Å². The third-order valence-corrected chi connectivity index (χ3v) is 3.95. The summed E-state index contributed by atoms with van der Waals surface area (Å²) >= 11 is 0. The van der Waals surface area contributed by atoms with Crippen molar-refractivity contribution in [2.45, 2.75) is 11.3 Å². The molecule has 2 rings (SSSR count). The van der Waals surface area contributed by atoms with E-state index < -0.39 is 26.4 Å². The highest BCUT2D eigenvalue weighted by Crippen LogP contribution is 2.28. The van der Waals surface area contributed by atoms with E-state index in [-0.39, 0.29) is 23.8 Å². The van der Waals surface area contributed by atoms with Crippen LogP contribution >= 0.6 is 0 Å². The smallest absolute Gasteiger partial charge is 0.312 e. The number of aromatic nitrogens is 2. The van der Waals surface area contributed by atoms with Crippen molar-refractivity contribution in [3.63, 3.8) is 0 Å². The van der Waals surface area contributed by atoms with Gasteiger partial charge in [-0.2, -0.15) is 4.98 Å². The van der Waals surface area contributed by atoms with Crippen LogP contribution < -0.4 is 4.72 Å². The Balaban J connectivity index is 2.12. The molecule has 112 valence electrons. The molecule has 0 amide bonds. The zero-order chi connectivity index (χ0) is 15.5. The Labute approximate surface area is 118 Å². The molecule has 0 aliphatic rings. The molecule has 1 aromatic carbocycles. The van der Waals surface area contributed by atoms with Gasteiger partial charge in [0, 0.05) is 19.0 Å². The molecular weight excluding hydrogens is 304 g/mol. The minimum absolute atomic E-state index is 0.0147. The molecule has 0 saturated carbocycles. The van der Waals surface area contributed by atoms with Crippen LogP contribution in [-0.4, -0.2) is 35.1 Å². The molecule has 0 fully saturated rings. The van der Waals surface area contributed by atoms with Gasteiger partial charge in [0.2, 0.25) is 15.9 Å². The number of hydrogen-bond acceptors (Lipinski definition) is 8. The standard InChI is InChI=1S/C10H10N4O6S/c15-9-2-1-7(5-8(9)14(16)17)21(18,19)13-4-3-10-11-6-12-20-10/h1-2,5-6,13,15H,3-4H2. The normalized spacial score (nSPS) is 11.4. The van der Waals surface area contributed by atoms with Crippen molar-refractivity contribution in [3.8, 4) is 5.75 Å². The molecule has 2 N–H and O–H groups in total. The largest absolute Gasteiger partial charge is 0.502 e. The summed E-state index contributed by atoms with van der Waals surface area (Å²) in [6.07, 6.45) is 1.37.